The molecule has 0 saturated carbocycles. The van der Waals surface area contributed by atoms with E-state index in [9.17, 15) is 18.4 Å². The summed E-state index contributed by atoms with van der Waals surface area (Å²) in [5.41, 5.74) is -0.103. The second kappa shape index (κ2) is 8.55. The Balaban J connectivity index is 1.45. The molecule has 1 aromatic carbocycles. The number of hydrogen-bond donors (Lipinski definition) is 1. The highest BCUT2D eigenvalue weighted by molar-refractivity contribution is 5.94. The van der Waals surface area contributed by atoms with Crippen molar-refractivity contribution in [1.29, 1.82) is 0 Å². The lowest BCUT2D eigenvalue weighted by Gasteiger charge is -2.35. The van der Waals surface area contributed by atoms with Gasteiger partial charge in [0.2, 0.25) is 5.91 Å². The fraction of sp³-hybridized carbons (Fsp3) is 0.556. The molecule has 2 saturated heterocycles. The quantitative estimate of drug-likeness (QED) is 0.845. The topological polar surface area (TPSA) is 55.9 Å². The molecule has 26 heavy (non-hydrogen) atoms. The number of piperazine rings is 2. The van der Waals surface area contributed by atoms with Crippen molar-refractivity contribution >= 4 is 11.8 Å². The van der Waals surface area contributed by atoms with E-state index in [0.717, 1.165) is 38.3 Å². The van der Waals surface area contributed by atoms with Crippen LogP contribution in [0.3, 0.4) is 0 Å². The number of nitrogens with one attached hydrogen (secondary N) is 1. The molecule has 3 rings (SSSR count). The minimum Gasteiger partial charge on any atom is -0.340 e. The third-order valence-electron chi connectivity index (χ3n) is 4.93. The molecule has 1 N–H and O–H groups in total. The number of rotatable bonds is 4. The minimum absolute atomic E-state index is 0.103. The first-order valence-electron chi connectivity index (χ1n) is 9.00. The lowest BCUT2D eigenvalue weighted by molar-refractivity contribution is -0.132. The van der Waals surface area contributed by atoms with Gasteiger partial charge in [0.15, 0.2) is 0 Å². The summed E-state index contributed by atoms with van der Waals surface area (Å²) in [5, 5.41) is 3.22. The summed E-state index contributed by atoms with van der Waals surface area (Å²) in [6.45, 7) is 6.07. The number of nitrogens with zero attached hydrogens (tertiary/aromatic N) is 3. The van der Waals surface area contributed by atoms with E-state index < -0.39 is 17.5 Å². The van der Waals surface area contributed by atoms with Crippen molar-refractivity contribution in [3.05, 3.63) is 35.4 Å². The lowest BCUT2D eigenvalue weighted by atomic mass is 10.1. The van der Waals surface area contributed by atoms with Crippen LogP contribution in [0.1, 0.15) is 16.8 Å². The Morgan fingerprint density at radius 2 is 1.65 bits per heavy atom. The molecule has 1 aromatic rings. The molecular weight excluding hydrogens is 342 g/mol. The Morgan fingerprint density at radius 3 is 2.31 bits per heavy atom. The van der Waals surface area contributed by atoms with Crippen LogP contribution in [0.5, 0.6) is 0 Å². The molecule has 0 bridgehead atoms. The van der Waals surface area contributed by atoms with E-state index in [1.54, 1.807) is 4.90 Å². The average Bonchev–Trinajstić information content (AvgIpc) is 2.67. The van der Waals surface area contributed by atoms with Crippen molar-refractivity contribution < 1.29 is 18.4 Å². The van der Waals surface area contributed by atoms with Gasteiger partial charge in [-0.15, -0.1) is 0 Å². The highest BCUT2D eigenvalue weighted by Gasteiger charge is 2.25. The Morgan fingerprint density at radius 1 is 0.962 bits per heavy atom. The van der Waals surface area contributed by atoms with Crippen LogP contribution in [0.2, 0.25) is 0 Å². The van der Waals surface area contributed by atoms with Crippen LogP contribution in [0.4, 0.5) is 8.78 Å². The zero-order chi connectivity index (χ0) is 18.5. The standard InChI is InChI=1S/C18H24F2N4O2/c19-14-1-2-15(16(20)13-14)18(26)24-11-9-22(10-12-24)6-3-17(25)23-7-4-21-5-8-23/h1-2,13,21H,3-12H2. The number of halogens is 2. The number of carbonyl (C=O) groups excluding carboxylic acids is 2. The van der Waals surface area contributed by atoms with Crippen LogP contribution in [0.25, 0.3) is 0 Å². The Hall–Kier alpha value is -2.06. The van der Waals surface area contributed by atoms with Gasteiger partial charge in [-0.05, 0) is 12.1 Å². The maximum absolute atomic E-state index is 13.8. The van der Waals surface area contributed by atoms with Crippen molar-refractivity contribution in [2.24, 2.45) is 0 Å². The highest BCUT2D eigenvalue weighted by atomic mass is 19.1. The smallest absolute Gasteiger partial charge is 0.256 e. The molecule has 0 unspecified atom stereocenters. The molecule has 2 aliphatic rings. The summed E-state index contributed by atoms with van der Waals surface area (Å²) in [5.74, 6) is -1.78. The number of hydrogen-bond acceptors (Lipinski definition) is 4. The first-order valence-corrected chi connectivity index (χ1v) is 9.00. The molecular formula is C18H24F2N4O2. The molecule has 142 valence electrons. The molecule has 0 atom stereocenters. The summed E-state index contributed by atoms with van der Waals surface area (Å²) >= 11 is 0. The van der Waals surface area contributed by atoms with Crippen molar-refractivity contribution in [1.82, 2.24) is 20.0 Å². The number of benzene rings is 1. The van der Waals surface area contributed by atoms with E-state index in [1.807, 2.05) is 4.90 Å². The Labute approximate surface area is 151 Å². The van der Waals surface area contributed by atoms with Gasteiger partial charge in [-0.2, -0.15) is 0 Å². The van der Waals surface area contributed by atoms with Gasteiger partial charge >= 0.3 is 0 Å². The number of carbonyl (C=O) groups is 2. The average molecular weight is 366 g/mol. The van der Waals surface area contributed by atoms with Crippen LogP contribution in [0, 0.1) is 11.6 Å². The summed E-state index contributed by atoms with van der Waals surface area (Å²) in [4.78, 5) is 30.2. The van der Waals surface area contributed by atoms with Crippen molar-refractivity contribution in [2.75, 3.05) is 58.9 Å². The second-order valence-corrected chi connectivity index (χ2v) is 6.64. The van der Waals surface area contributed by atoms with E-state index in [4.69, 9.17) is 0 Å². The van der Waals surface area contributed by atoms with Gasteiger partial charge in [0, 0.05) is 71.4 Å². The summed E-state index contributed by atoms with van der Waals surface area (Å²) < 4.78 is 26.8. The first-order chi connectivity index (χ1) is 12.5. The summed E-state index contributed by atoms with van der Waals surface area (Å²) in [6, 6.07) is 3.00. The molecule has 2 heterocycles. The van der Waals surface area contributed by atoms with E-state index in [-0.39, 0.29) is 11.5 Å². The predicted molar refractivity (Wildman–Crippen MR) is 92.8 cm³/mol. The fourth-order valence-electron chi connectivity index (χ4n) is 3.33. The first kappa shape index (κ1) is 18.7. The molecule has 0 aromatic heterocycles. The lowest BCUT2D eigenvalue weighted by Crippen LogP contribution is -2.50. The summed E-state index contributed by atoms with van der Waals surface area (Å²) in [7, 11) is 0. The van der Waals surface area contributed by atoms with Gasteiger partial charge in [-0.1, -0.05) is 0 Å². The maximum Gasteiger partial charge on any atom is 0.256 e. The van der Waals surface area contributed by atoms with E-state index in [1.165, 1.54) is 6.07 Å². The molecule has 2 fully saturated rings. The van der Waals surface area contributed by atoms with Gasteiger partial charge in [-0.25, -0.2) is 8.78 Å². The zero-order valence-corrected chi connectivity index (χ0v) is 14.7. The zero-order valence-electron chi connectivity index (χ0n) is 14.7. The highest BCUT2D eigenvalue weighted by Crippen LogP contribution is 2.14. The molecule has 2 amide bonds. The van der Waals surface area contributed by atoms with Crippen LogP contribution >= 0.6 is 0 Å². The second-order valence-electron chi connectivity index (χ2n) is 6.64. The van der Waals surface area contributed by atoms with E-state index in [2.05, 4.69) is 10.2 Å². The molecule has 6 nitrogen and oxygen atoms in total. The van der Waals surface area contributed by atoms with Gasteiger partial charge < -0.3 is 15.1 Å². The minimum atomic E-state index is -0.834. The normalized spacial score (nSPS) is 18.8. The fourth-order valence-corrected chi connectivity index (χ4v) is 3.33. The third-order valence-corrected chi connectivity index (χ3v) is 4.93. The van der Waals surface area contributed by atoms with Crippen LogP contribution in [-0.4, -0.2) is 85.4 Å². The largest absolute Gasteiger partial charge is 0.340 e. The molecule has 0 spiro atoms. The van der Waals surface area contributed by atoms with Gasteiger partial charge in [0.05, 0.1) is 5.56 Å². The summed E-state index contributed by atoms with van der Waals surface area (Å²) in [6.07, 6.45) is 0.473. The Kier molecular flexibility index (Phi) is 6.16. The molecule has 0 aliphatic carbocycles. The predicted octanol–water partition coefficient (Wildman–Crippen LogP) is 0.545. The third kappa shape index (κ3) is 4.56. The van der Waals surface area contributed by atoms with Crippen molar-refractivity contribution in [3.8, 4) is 0 Å². The van der Waals surface area contributed by atoms with Gasteiger partial charge in [0.1, 0.15) is 11.6 Å². The SMILES string of the molecule is O=C(CCN1CCN(C(=O)c2ccc(F)cc2F)CC1)N1CCNCC1. The monoisotopic (exact) mass is 366 g/mol. The van der Waals surface area contributed by atoms with Gasteiger partial charge in [0.25, 0.3) is 5.91 Å². The molecule has 0 radical (unpaired) electrons. The van der Waals surface area contributed by atoms with E-state index >= 15 is 0 Å². The molecule has 2 aliphatic heterocycles. The van der Waals surface area contributed by atoms with Gasteiger partial charge in [-0.3, -0.25) is 14.5 Å². The maximum atomic E-state index is 13.8. The van der Waals surface area contributed by atoms with Crippen LogP contribution in [0.15, 0.2) is 18.2 Å². The van der Waals surface area contributed by atoms with Crippen LogP contribution in [-0.2, 0) is 4.79 Å². The Bertz CT molecular complexity index is 657. The van der Waals surface area contributed by atoms with Crippen molar-refractivity contribution in [3.63, 3.8) is 0 Å². The van der Waals surface area contributed by atoms with Crippen molar-refractivity contribution in [2.45, 2.75) is 6.42 Å². The number of amides is 2. The van der Waals surface area contributed by atoms with Crippen LogP contribution < -0.4 is 5.32 Å². The molecule has 8 heteroatoms. The van der Waals surface area contributed by atoms with E-state index in [0.29, 0.717) is 39.1 Å².